The summed E-state index contributed by atoms with van der Waals surface area (Å²) >= 11 is 11.8. The number of hydrogen-bond donors (Lipinski definition) is 1. The highest BCUT2D eigenvalue weighted by atomic mass is 35.5. The highest BCUT2D eigenvalue weighted by molar-refractivity contribution is 6.42. The van der Waals surface area contributed by atoms with Crippen molar-refractivity contribution in [3.05, 3.63) is 40.4 Å². The largest absolute Gasteiger partial charge is 0.454 e. The number of benzene rings is 1. The minimum atomic E-state index is -1.07. The van der Waals surface area contributed by atoms with Crippen LogP contribution in [0.4, 0.5) is 5.69 Å². The molecule has 164 valence electrons. The molecule has 0 radical (unpaired) electrons. The summed E-state index contributed by atoms with van der Waals surface area (Å²) in [6.07, 6.45) is 4.81. The maximum Gasteiger partial charge on any atom is 0.330 e. The van der Waals surface area contributed by atoms with Crippen LogP contribution >= 0.6 is 23.2 Å². The van der Waals surface area contributed by atoms with E-state index in [-0.39, 0.29) is 34.6 Å². The van der Waals surface area contributed by atoms with E-state index < -0.39 is 36.4 Å². The van der Waals surface area contributed by atoms with Gasteiger partial charge in [0.05, 0.1) is 21.9 Å². The zero-order chi connectivity index (χ0) is 22.4. The van der Waals surface area contributed by atoms with Crippen LogP contribution in [0.3, 0.4) is 0 Å². The standard InChI is InChI=1S/C22H22Cl2N2O5/c1-10(2)19(26-20(28)17-11-3-4-12(7-11)18(17)21(26)29)22(30)31-9-16(27)25-13-5-6-14(23)15(24)8-13/h3-6,8,10-12,17-19H,7,9H2,1-2H3,(H,25,27)/t11-,12-,17-,18-,19+/m0/s1. The molecule has 0 unspecified atom stereocenters. The van der Waals surface area contributed by atoms with Crippen molar-refractivity contribution >= 4 is 52.6 Å². The lowest BCUT2D eigenvalue weighted by Gasteiger charge is -2.28. The zero-order valence-electron chi connectivity index (χ0n) is 17.0. The number of carbonyl (C=O) groups excluding carboxylic acids is 4. The molecule has 4 rings (SSSR count). The summed E-state index contributed by atoms with van der Waals surface area (Å²) in [6, 6.07) is 3.50. The van der Waals surface area contributed by atoms with Crippen LogP contribution in [0.2, 0.25) is 10.0 Å². The van der Waals surface area contributed by atoms with Gasteiger partial charge in [-0.3, -0.25) is 19.3 Å². The second-order valence-electron chi connectivity index (χ2n) is 8.52. The van der Waals surface area contributed by atoms with Gasteiger partial charge in [0.15, 0.2) is 6.61 Å². The Bertz CT molecular complexity index is 962. The summed E-state index contributed by atoms with van der Waals surface area (Å²) in [4.78, 5) is 52.2. The van der Waals surface area contributed by atoms with E-state index in [1.807, 2.05) is 12.2 Å². The minimum Gasteiger partial charge on any atom is -0.454 e. The van der Waals surface area contributed by atoms with Crippen molar-refractivity contribution in [2.45, 2.75) is 26.3 Å². The topological polar surface area (TPSA) is 92.8 Å². The molecule has 1 aromatic rings. The Balaban J connectivity index is 1.41. The fourth-order valence-electron chi connectivity index (χ4n) is 4.87. The fraction of sp³-hybridized carbons (Fsp3) is 0.455. The van der Waals surface area contributed by atoms with E-state index >= 15 is 0 Å². The Labute approximate surface area is 189 Å². The molecule has 1 N–H and O–H groups in total. The van der Waals surface area contributed by atoms with Gasteiger partial charge >= 0.3 is 5.97 Å². The number of nitrogens with zero attached hydrogens (tertiary/aromatic N) is 1. The Kier molecular flexibility index (Phi) is 5.83. The average molecular weight is 465 g/mol. The molecule has 7 nitrogen and oxygen atoms in total. The normalized spacial score (nSPS) is 27.1. The molecule has 1 aromatic carbocycles. The molecule has 2 aliphatic carbocycles. The number of esters is 1. The summed E-state index contributed by atoms with van der Waals surface area (Å²) in [6.45, 7) is 2.92. The molecule has 1 aliphatic heterocycles. The van der Waals surface area contributed by atoms with Crippen LogP contribution in [0.25, 0.3) is 0 Å². The SMILES string of the molecule is CC(C)[C@H](C(=O)OCC(=O)Nc1ccc(Cl)c(Cl)c1)N1C(=O)[C@@H]2[C@@H](C1=O)[C@H]1C=C[C@H]2C1. The third kappa shape index (κ3) is 3.85. The van der Waals surface area contributed by atoms with E-state index in [9.17, 15) is 19.2 Å². The smallest absolute Gasteiger partial charge is 0.330 e. The quantitative estimate of drug-likeness (QED) is 0.396. The van der Waals surface area contributed by atoms with Gasteiger partial charge in [0, 0.05) is 5.69 Å². The highest BCUT2D eigenvalue weighted by Crippen LogP contribution is 2.53. The predicted molar refractivity (Wildman–Crippen MR) is 114 cm³/mol. The van der Waals surface area contributed by atoms with Gasteiger partial charge in [-0.15, -0.1) is 0 Å². The molecule has 31 heavy (non-hydrogen) atoms. The number of rotatable bonds is 6. The van der Waals surface area contributed by atoms with Gasteiger partial charge in [-0.25, -0.2) is 4.79 Å². The van der Waals surface area contributed by atoms with Crippen molar-refractivity contribution in [2.24, 2.45) is 29.6 Å². The van der Waals surface area contributed by atoms with Crippen molar-refractivity contribution in [1.29, 1.82) is 0 Å². The first-order valence-electron chi connectivity index (χ1n) is 10.2. The molecule has 9 heteroatoms. The molecule has 1 saturated heterocycles. The Morgan fingerprint density at radius 1 is 1.10 bits per heavy atom. The summed E-state index contributed by atoms with van der Waals surface area (Å²) in [5.41, 5.74) is 0.400. The van der Waals surface area contributed by atoms with E-state index in [1.54, 1.807) is 19.9 Å². The number of anilines is 1. The lowest BCUT2D eigenvalue weighted by atomic mass is 9.85. The van der Waals surface area contributed by atoms with Crippen LogP contribution in [0, 0.1) is 29.6 Å². The van der Waals surface area contributed by atoms with E-state index in [1.165, 1.54) is 12.1 Å². The number of nitrogens with one attached hydrogen (secondary N) is 1. The van der Waals surface area contributed by atoms with Gasteiger partial charge < -0.3 is 10.1 Å². The molecule has 2 bridgehead atoms. The third-order valence-corrected chi connectivity index (χ3v) is 6.94. The molecule has 1 saturated carbocycles. The molecule has 3 amide bonds. The van der Waals surface area contributed by atoms with Gasteiger partial charge in [0.2, 0.25) is 11.8 Å². The Hall–Kier alpha value is -2.38. The summed E-state index contributed by atoms with van der Waals surface area (Å²) in [7, 11) is 0. The summed E-state index contributed by atoms with van der Waals surface area (Å²) < 4.78 is 5.18. The number of fused-ring (bicyclic) bond motifs is 5. The lowest BCUT2D eigenvalue weighted by Crippen LogP contribution is -2.50. The number of hydrogen-bond acceptors (Lipinski definition) is 5. The van der Waals surface area contributed by atoms with E-state index in [4.69, 9.17) is 27.9 Å². The number of halogens is 2. The predicted octanol–water partition coefficient (Wildman–Crippen LogP) is 3.31. The molecular formula is C22H22Cl2N2O5. The van der Waals surface area contributed by atoms with E-state index in [0.29, 0.717) is 10.7 Å². The maximum absolute atomic E-state index is 13.0. The molecule has 5 atom stereocenters. The second-order valence-corrected chi connectivity index (χ2v) is 9.33. The minimum absolute atomic E-state index is 0.0530. The zero-order valence-corrected chi connectivity index (χ0v) is 18.5. The van der Waals surface area contributed by atoms with Crippen molar-refractivity contribution in [1.82, 2.24) is 4.90 Å². The summed E-state index contributed by atoms with van der Waals surface area (Å²) in [5, 5.41) is 3.18. The van der Waals surface area contributed by atoms with Crippen LogP contribution in [-0.4, -0.2) is 41.2 Å². The number of carbonyl (C=O) groups is 4. The first kappa shape index (κ1) is 21.8. The van der Waals surface area contributed by atoms with Crippen LogP contribution < -0.4 is 5.32 Å². The molecule has 2 fully saturated rings. The molecule has 0 spiro atoms. The van der Waals surface area contributed by atoms with Gasteiger partial charge in [-0.05, 0) is 42.4 Å². The van der Waals surface area contributed by atoms with Crippen molar-refractivity contribution in [3.63, 3.8) is 0 Å². The van der Waals surface area contributed by atoms with Crippen molar-refractivity contribution in [2.75, 3.05) is 11.9 Å². The van der Waals surface area contributed by atoms with Crippen LogP contribution in [0.15, 0.2) is 30.4 Å². The first-order chi connectivity index (χ1) is 14.7. The third-order valence-electron chi connectivity index (χ3n) is 6.20. The monoisotopic (exact) mass is 464 g/mol. The second kappa shape index (κ2) is 8.28. The summed E-state index contributed by atoms with van der Waals surface area (Å²) in [5.74, 6) is -3.03. The number of amides is 3. The Morgan fingerprint density at radius 3 is 2.26 bits per heavy atom. The van der Waals surface area contributed by atoms with E-state index in [0.717, 1.165) is 11.3 Å². The molecule has 3 aliphatic rings. The van der Waals surface area contributed by atoms with Crippen molar-refractivity contribution in [3.8, 4) is 0 Å². The molecule has 1 heterocycles. The molecule has 0 aromatic heterocycles. The Morgan fingerprint density at radius 2 is 1.71 bits per heavy atom. The molecular weight excluding hydrogens is 443 g/mol. The van der Waals surface area contributed by atoms with Crippen LogP contribution in [0.1, 0.15) is 20.3 Å². The van der Waals surface area contributed by atoms with Gasteiger partial charge in [-0.1, -0.05) is 49.2 Å². The van der Waals surface area contributed by atoms with Crippen LogP contribution in [0.5, 0.6) is 0 Å². The number of ether oxygens (including phenoxy) is 1. The van der Waals surface area contributed by atoms with Gasteiger partial charge in [-0.2, -0.15) is 0 Å². The maximum atomic E-state index is 13.0. The highest BCUT2D eigenvalue weighted by Gasteiger charge is 2.61. The van der Waals surface area contributed by atoms with Crippen LogP contribution in [-0.2, 0) is 23.9 Å². The first-order valence-corrected chi connectivity index (χ1v) is 10.9. The van der Waals surface area contributed by atoms with Gasteiger partial charge in [0.1, 0.15) is 6.04 Å². The lowest BCUT2D eigenvalue weighted by molar-refractivity contribution is -0.162. The van der Waals surface area contributed by atoms with Crippen molar-refractivity contribution < 1.29 is 23.9 Å². The number of imide groups is 1. The van der Waals surface area contributed by atoms with Gasteiger partial charge in [0.25, 0.3) is 5.91 Å². The van der Waals surface area contributed by atoms with E-state index in [2.05, 4.69) is 5.32 Å². The average Bonchev–Trinajstić information content (AvgIpc) is 3.39. The number of allylic oxidation sites excluding steroid dienone is 2. The number of likely N-dealkylation sites (tertiary alicyclic amines) is 1. The fourth-order valence-corrected chi connectivity index (χ4v) is 5.17.